The lowest BCUT2D eigenvalue weighted by molar-refractivity contribution is -0.0531. The molecule has 1 aliphatic rings. The molecular formula is C11H12Cl2O3. The van der Waals surface area contributed by atoms with E-state index < -0.39 is 0 Å². The molecule has 2 rings (SSSR count). The average molecular weight is 263 g/mol. The molecule has 1 aromatic rings. The van der Waals surface area contributed by atoms with Gasteiger partial charge >= 0.3 is 0 Å². The van der Waals surface area contributed by atoms with Crippen LogP contribution >= 0.6 is 23.2 Å². The molecule has 0 aliphatic carbocycles. The average Bonchev–Trinajstić information content (AvgIpc) is 2.76. The molecule has 1 aromatic carbocycles. The molecule has 0 N–H and O–H groups in total. The van der Waals surface area contributed by atoms with E-state index in [1.54, 1.807) is 18.2 Å². The van der Waals surface area contributed by atoms with E-state index in [1.807, 2.05) is 0 Å². The van der Waals surface area contributed by atoms with Crippen molar-refractivity contribution in [2.75, 3.05) is 19.8 Å². The molecular weight excluding hydrogens is 251 g/mol. The summed E-state index contributed by atoms with van der Waals surface area (Å²) in [4.78, 5) is 0. The number of halogens is 2. The highest BCUT2D eigenvalue weighted by atomic mass is 35.5. The number of hydrogen-bond acceptors (Lipinski definition) is 3. The van der Waals surface area contributed by atoms with Gasteiger partial charge in [0.15, 0.2) is 6.29 Å². The lowest BCUT2D eigenvalue weighted by atomic mass is 10.3. The summed E-state index contributed by atoms with van der Waals surface area (Å²) in [5.74, 6) is 0.701. The molecule has 0 bridgehead atoms. The zero-order valence-electron chi connectivity index (χ0n) is 8.62. The summed E-state index contributed by atoms with van der Waals surface area (Å²) >= 11 is 11.6. The Balaban J connectivity index is 1.78. The van der Waals surface area contributed by atoms with Crippen LogP contribution in [0.3, 0.4) is 0 Å². The zero-order chi connectivity index (χ0) is 11.4. The molecule has 0 amide bonds. The maximum atomic E-state index is 5.86. The first kappa shape index (κ1) is 12.0. The highest BCUT2D eigenvalue weighted by molar-refractivity contribution is 6.42. The molecule has 88 valence electrons. The second kappa shape index (κ2) is 5.73. The van der Waals surface area contributed by atoms with Gasteiger partial charge in [0.25, 0.3) is 0 Å². The lowest BCUT2D eigenvalue weighted by Crippen LogP contribution is -2.12. The molecule has 3 nitrogen and oxygen atoms in total. The van der Waals surface area contributed by atoms with Crippen LogP contribution in [0, 0.1) is 0 Å². The molecule has 16 heavy (non-hydrogen) atoms. The molecule has 1 saturated heterocycles. The Morgan fingerprint density at radius 3 is 2.62 bits per heavy atom. The normalized spacial score (nSPS) is 16.6. The highest BCUT2D eigenvalue weighted by Gasteiger charge is 2.15. The van der Waals surface area contributed by atoms with Crippen molar-refractivity contribution in [3.63, 3.8) is 0 Å². The molecule has 0 aromatic heterocycles. The van der Waals surface area contributed by atoms with Gasteiger partial charge in [0.05, 0.1) is 29.9 Å². The molecule has 1 aliphatic heterocycles. The minimum absolute atomic E-state index is 0.136. The maximum Gasteiger partial charge on any atom is 0.161 e. The van der Waals surface area contributed by atoms with Gasteiger partial charge in [0.2, 0.25) is 0 Å². The molecule has 1 heterocycles. The number of benzene rings is 1. The van der Waals surface area contributed by atoms with Crippen molar-refractivity contribution in [2.45, 2.75) is 12.7 Å². The van der Waals surface area contributed by atoms with E-state index in [0.29, 0.717) is 42.0 Å². The van der Waals surface area contributed by atoms with E-state index in [0.717, 1.165) is 0 Å². The number of ether oxygens (including phenoxy) is 3. The van der Waals surface area contributed by atoms with E-state index >= 15 is 0 Å². The molecule has 0 saturated carbocycles. The van der Waals surface area contributed by atoms with Crippen molar-refractivity contribution in [1.82, 2.24) is 0 Å². The Morgan fingerprint density at radius 1 is 1.19 bits per heavy atom. The Labute approximate surface area is 104 Å². The second-order valence-corrected chi connectivity index (χ2v) is 4.20. The van der Waals surface area contributed by atoms with Crippen LogP contribution in [0.2, 0.25) is 10.0 Å². The molecule has 0 radical (unpaired) electrons. The summed E-state index contributed by atoms with van der Waals surface area (Å²) in [6.07, 6.45) is 0.572. The second-order valence-electron chi connectivity index (χ2n) is 3.38. The summed E-state index contributed by atoms with van der Waals surface area (Å²) in [7, 11) is 0. The van der Waals surface area contributed by atoms with Gasteiger partial charge in [-0.3, -0.25) is 0 Å². The van der Waals surface area contributed by atoms with Gasteiger partial charge in [0.1, 0.15) is 5.75 Å². The minimum Gasteiger partial charge on any atom is -0.493 e. The van der Waals surface area contributed by atoms with E-state index in [4.69, 9.17) is 37.4 Å². The standard InChI is InChI=1S/C11H12Cl2O3/c12-9-2-1-8(7-10(9)13)14-4-3-11-15-5-6-16-11/h1-2,7,11H,3-6H2. The monoisotopic (exact) mass is 262 g/mol. The number of rotatable bonds is 4. The Hall–Kier alpha value is -0.480. The molecule has 0 atom stereocenters. The van der Waals surface area contributed by atoms with Crippen LogP contribution in [-0.4, -0.2) is 26.1 Å². The fourth-order valence-electron chi connectivity index (χ4n) is 1.41. The van der Waals surface area contributed by atoms with Crippen molar-refractivity contribution in [2.24, 2.45) is 0 Å². The third kappa shape index (κ3) is 3.25. The van der Waals surface area contributed by atoms with Crippen LogP contribution in [0.4, 0.5) is 0 Å². The van der Waals surface area contributed by atoms with Gasteiger partial charge in [-0.05, 0) is 12.1 Å². The van der Waals surface area contributed by atoms with Crippen LogP contribution < -0.4 is 4.74 Å². The van der Waals surface area contributed by atoms with Crippen LogP contribution in [0.1, 0.15) is 6.42 Å². The first-order chi connectivity index (χ1) is 7.75. The maximum absolute atomic E-state index is 5.86. The Kier molecular flexibility index (Phi) is 4.29. The molecule has 1 fully saturated rings. The van der Waals surface area contributed by atoms with Gasteiger partial charge in [-0.2, -0.15) is 0 Å². The topological polar surface area (TPSA) is 27.7 Å². The highest BCUT2D eigenvalue weighted by Crippen LogP contribution is 2.26. The quantitative estimate of drug-likeness (QED) is 0.835. The van der Waals surface area contributed by atoms with Crippen molar-refractivity contribution in [3.8, 4) is 5.75 Å². The van der Waals surface area contributed by atoms with Gasteiger partial charge in [-0.15, -0.1) is 0 Å². The Bertz CT molecular complexity index is 351. The summed E-state index contributed by atoms with van der Waals surface area (Å²) in [6, 6.07) is 5.19. The van der Waals surface area contributed by atoms with Crippen LogP contribution in [0.25, 0.3) is 0 Å². The third-order valence-electron chi connectivity index (χ3n) is 2.20. The first-order valence-corrected chi connectivity index (χ1v) is 5.82. The van der Waals surface area contributed by atoms with E-state index in [2.05, 4.69) is 0 Å². The minimum atomic E-state index is -0.136. The van der Waals surface area contributed by atoms with Crippen molar-refractivity contribution in [1.29, 1.82) is 0 Å². The summed E-state index contributed by atoms with van der Waals surface area (Å²) in [6.45, 7) is 1.86. The van der Waals surface area contributed by atoms with Gasteiger partial charge in [-0.1, -0.05) is 23.2 Å². The van der Waals surface area contributed by atoms with Crippen molar-refractivity contribution < 1.29 is 14.2 Å². The number of hydrogen-bond donors (Lipinski definition) is 0. The van der Waals surface area contributed by atoms with Crippen molar-refractivity contribution >= 4 is 23.2 Å². The summed E-state index contributed by atoms with van der Waals surface area (Å²) < 4.78 is 16.1. The first-order valence-electron chi connectivity index (χ1n) is 5.07. The largest absolute Gasteiger partial charge is 0.493 e. The van der Waals surface area contributed by atoms with Crippen LogP contribution in [0.15, 0.2) is 18.2 Å². The van der Waals surface area contributed by atoms with E-state index in [9.17, 15) is 0 Å². The van der Waals surface area contributed by atoms with Gasteiger partial charge < -0.3 is 14.2 Å². The predicted molar refractivity (Wildman–Crippen MR) is 62.3 cm³/mol. The SMILES string of the molecule is Clc1ccc(OCCC2OCCO2)cc1Cl. The van der Waals surface area contributed by atoms with E-state index in [1.165, 1.54) is 0 Å². The predicted octanol–water partition coefficient (Wildman–Crippen LogP) is 3.14. The van der Waals surface area contributed by atoms with Gasteiger partial charge in [-0.25, -0.2) is 0 Å². The van der Waals surface area contributed by atoms with Crippen molar-refractivity contribution in [3.05, 3.63) is 28.2 Å². The van der Waals surface area contributed by atoms with Gasteiger partial charge in [0, 0.05) is 12.5 Å². The van der Waals surface area contributed by atoms with Crippen LogP contribution in [0.5, 0.6) is 5.75 Å². The molecule has 0 spiro atoms. The smallest absolute Gasteiger partial charge is 0.161 e. The summed E-state index contributed by atoms with van der Waals surface area (Å²) in [5.41, 5.74) is 0. The van der Waals surface area contributed by atoms with Crippen LogP contribution in [-0.2, 0) is 9.47 Å². The third-order valence-corrected chi connectivity index (χ3v) is 2.94. The summed E-state index contributed by atoms with van der Waals surface area (Å²) in [5, 5.41) is 1.02. The van der Waals surface area contributed by atoms with E-state index in [-0.39, 0.29) is 6.29 Å². The lowest BCUT2D eigenvalue weighted by Gasteiger charge is -2.10. The molecule has 5 heteroatoms. The fourth-order valence-corrected chi connectivity index (χ4v) is 1.70. The zero-order valence-corrected chi connectivity index (χ0v) is 10.1. The fraction of sp³-hybridized carbons (Fsp3) is 0.455. The molecule has 0 unspecified atom stereocenters. The Morgan fingerprint density at radius 2 is 1.94 bits per heavy atom.